The van der Waals surface area contributed by atoms with Crippen LogP contribution in [0.1, 0.15) is 29.5 Å². The lowest BCUT2D eigenvalue weighted by Crippen LogP contribution is -1.93. The molecule has 0 saturated carbocycles. The van der Waals surface area contributed by atoms with Crippen LogP contribution < -0.4 is 0 Å². The van der Waals surface area contributed by atoms with Gasteiger partial charge in [0.2, 0.25) is 0 Å². The minimum absolute atomic E-state index is 0.329. The van der Waals surface area contributed by atoms with Crippen LogP contribution in [0.25, 0.3) is 0 Å². The average Bonchev–Trinajstić information content (AvgIpc) is 3.05. The largest absolute Gasteiger partial charge is 0.360 e. The van der Waals surface area contributed by atoms with Crippen molar-refractivity contribution in [2.45, 2.75) is 23.8 Å². The Bertz CT molecular complexity index is 642. The van der Waals surface area contributed by atoms with Crippen LogP contribution in [0.15, 0.2) is 53.5 Å². The number of hydrogen-bond acceptors (Lipinski definition) is 7. The molecule has 0 amide bonds. The topological polar surface area (TPSA) is 51.8 Å². The smallest absolute Gasteiger partial charge is 0.144 e. The van der Waals surface area contributed by atoms with Gasteiger partial charge in [-0.05, 0) is 16.2 Å². The van der Waals surface area contributed by atoms with Gasteiger partial charge in [0.1, 0.15) is 5.76 Å². The van der Waals surface area contributed by atoms with Crippen molar-refractivity contribution in [3.8, 4) is 0 Å². The third kappa shape index (κ3) is 4.66. The van der Waals surface area contributed by atoms with Crippen molar-refractivity contribution in [1.29, 1.82) is 0 Å². The van der Waals surface area contributed by atoms with Gasteiger partial charge in [0.25, 0.3) is 0 Å². The van der Waals surface area contributed by atoms with Gasteiger partial charge < -0.3 is 4.52 Å². The maximum atomic E-state index is 5.45. The summed E-state index contributed by atoms with van der Waals surface area (Å²) < 4.78 is 5.45. The molecule has 7 heteroatoms. The third-order valence-electron chi connectivity index (χ3n) is 3.05. The summed E-state index contributed by atoms with van der Waals surface area (Å²) in [7, 11) is 5.27. The van der Waals surface area contributed by atoms with Gasteiger partial charge in [-0.1, -0.05) is 51.0 Å². The summed E-state index contributed by atoms with van der Waals surface area (Å²) in [6.45, 7) is 0. The van der Waals surface area contributed by atoms with E-state index in [4.69, 9.17) is 4.52 Å². The molecule has 0 aromatic carbocycles. The van der Waals surface area contributed by atoms with E-state index in [-0.39, 0.29) is 0 Å². The van der Waals surface area contributed by atoms with Crippen LogP contribution >= 0.6 is 31.4 Å². The van der Waals surface area contributed by atoms with Gasteiger partial charge in [-0.3, -0.25) is 9.97 Å². The molecule has 2 heterocycles. The predicted molar refractivity (Wildman–Crippen MR) is 94.4 cm³/mol. The molecule has 22 heavy (non-hydrogen) atoms. The van der Waals surface area contributed by atoms with Crippen molar-refractivity contribution in [1.82, 2.24) is 15.1 Å². The summed E-state index contributed by atoms with van der Waals surface area (Å²) in [5.41, 5.74) is 2.00. The van der Waals surface area contributed by atoms with Gasteiger partial charge in [0, 0.05) is 36.3 Å². The molecule has 0 N–H and O–H groups in total. The quantitative estimate of drug-likeness (QED) is 0.526. The molecule has 2 aromatic heterocycles. The van der Waals surface area contributed by atoms with Gasteiger partial charge in [-0.25, -0.2) is 0 Å². The van der Waals surface area contributed by atoms with E-state index in [1.165, 1.54) is 0 Å². The van der Waals surface area contributed by atoms with E-state index in [1.807, 2.05) is 0 Å². The summed E-state index contributed by atoms with van der Waals surface area (Å²) in [6, 6.07) is 2.06. The first-order valence-corrected chi connectivity index (χ1v) is 10.7. The van der Waals surface area contributed by atoms with E-state index >= 15 is 0 Å². The van der Waals surface area contributed by atoms with Crippen LogP contribution in [-0.4, -0.2) is 15.1 Å². The van der Waals surface area contributed by atoms with E-state index in [2.05, 4.69) is 45.5 Å². The Kier molecular flexibility index (Phi) is 6.03. The predicted octanol–water partition coefficient (Wildman–Crippen LogP) is 4.79. The van der Waals surface area contributed by atoms with Crippen molar-refractivity contribution in [2.75, 3.05) is 0 Å². The highest BCUT2D eigenvalue weighted by atomic mass is 33.5. The lowest BCUT2D eigenvalue weighted by atomic mass is 9.98. The Balaban J connectivity index is 1.38. The molecular weight excluding hydrogens is 334 g/mol. The Morgan fingerprint density at radius 3 is 2.82 bits per heavy atom. The molecule has 1 unspecified atom stereocenters. The Hall–Kier alpha value is -1.18. The van der Waals surface area contributed by atoms with Crippen LogP contribution in [0.4, 0.5) is 0 Å². The van der Waals surface area contributed by atoms with E-state index in [0.717, 1.165) is 35.1 Å². The van der Waals surface area contributed by atoms with Crippen LogP contribution in [0.5, 0.6) is 0 Å². The molecule has 0 aliphatic heterocycles. The summed E-state index contributed by atoms with van der Waals surface area (Å²) in [5, 5.41) is 4.15. The standard InChI is InChI=1S/C15H15N3OS3/c1-2-4-12(5-3-1)15-8-13(18-19-15)10-20-22-21-11-14-9-16-6-7-17-14/h1-4,6-9,12H,5,10-11H2. The Morgan fingerprint density at radius 1 is 1.14 bits per heavy atom. The first kappa shape index (κ1) is 15.7. The first-order valence-electron chi connectivity index (χ1n) is 6.86. The maximum absolute atomic E-state index is 5.45. The van der Waals surface area contributed by atoms with Crippen molar-refractivity contribution in [3.05, 3.63) is 66.1 Å². The van der Waals surface area contributed by atoms with Gasteiger partial charge >= 0.3 is 0 Å². The molecule has 114 valence electrons. The number of hydrogen-bond donors (Lipinski definition) is 0. The highest BCUT2D eigenvalue weighted by Crippen LogP contribution is 2.38. The second-order valence-corrected chi connectivity index (χ2v) is 8.90. The zero-order valence-electron chi connectivity index (χ0n) is 11.8. The summed E-state index contributed by atoms with van der Waals surface area (Å²) >= 11 is 0. The number of allylic oxidation sites excluding steroid dienone is 4. The number of aromatic nitrogens is 3. The molecule has 0 saturated heterocycles. The molecule has 1 atom stereocenters. The van der Waals surface area contributed by atoms with Crippen LogP contribution in [0.2, 0.25) is 0 Å². The van der Waals surface area contributed by atoms with E-state index in [9.17, 15) is 0 Å². The lowest BCUT2D eigenvalue weighted by molar-refractivity contribution is 0.369. The molecule has 0 spiro atoms. The number of nitrogens with zero attached hydrogens (tertiary/aromatic N) is 3. The molecule has 4 nitrogen and oxygen atoms in total. The lowest BCUT2D eigenvalue weighted by Gasteiger charge is -2.07. The fraction of sp³-hybridized carbons (Fsp3) is 0.267. The Morgan fingerprint density at radius 2 is 2.05 bits per heavy atom. The summed E-state index contributed by atoms with van der Waals surface area (Å²) in [4.78, 5) is 8.30. The van der Waals surface area contributed by atoms with Gasteiger partial charge in [0.05, 0.1) is 17.1 Å². The van der Waals surface area contributed by atoms with Crippen LogP contribution in [-0.2, 0) is 11.5 Å². The molecular formula is C15H15N3OS3. The first-order chi connectivity index (χ1) is 10.9. The minimum Gasteiger partial charge on any atom is -0.360 e. The fourth-order valence-electron chi connectivity index (χ4n) is 1.97. The second-order valence-electron chi connectivity index (χ2n) is 4.67. The van der Waals surface area contributed by atoms with Crippen molar-refractivity contribution < 1.29 is 4.52 Å². The van der Waals surface area contributed by atoms with Gasteiger partial charge in [-0.2, -0.15) is 0 Å². The van der Waals surface area contributed by atoms with Gasteiger partial charge in [0.15, 0.2) is 0 Å². The molecule has 1 aliphatic rings. The highest BCUT2D eigenvalue weighted by Gasteiger charge is 2.14. The SMILES string of the molecule is C1=CCC(c2cc(CSSSCc3cnccn3)no2)C=C1. The molecule has 2 aromatic rings. The van der Waals surface area contributed by atoms with E-state index in [1.54, 1.807) is 50.0 Å². The maximum Gasteiger partial charge on any atom is 0.144 e. The minimum atomic E-state index is 0.329. The number of rotatable bonds is 7. The normalized spacial score (nSPS) is 17.0. The van der Waals surface area contributed by atoms with Crippen molar-refractivity contribution >= 4 is 31.4 Å². The van der Waals surface area contributed by atoms with Crippen molar-refractivity contribution in [3.63, 3.8) is 0 Å². The highest BCUT2D eigenvalue weighted by molar-refractivity contribution is 9.09. The van der Waals surface area contributed by atoms with E-state index < -0.39 is 0 Å². The zero-order chi connectivity index (χ0) is 15.0. The zero-order valence-corrected chi connectivity index (χ0v) is 14.2. The fourth-order valence-corrected chi connectivity index (χ4v) is 5.36. The molecule has 0 fully saturated rings. The Labute approximate surface area is 141 Å². The third-order valence-corrected chi connectivity index (χ3v) is 7.09. The van der Waals surface area contributed by atoms with E-state index in [0.29, 0.717) is 5.92 Å². The monoisotopic (exact) mass is 349 g/mol. The molecule has 1 aliphatic carbocycles. The summed E-state index contributed by atoms with van der Waals surface area (Å²) in [5.74, 6) is 2.98. The molecule has 0 radical (unpaired) electrons. The average molecular weight is 350 g/mol. The van der Waals surface area contributed by atoms with Crippen LogP contribution in [0, 0.1) is 0 Å². The van der Waals surface area contributed by atoms with Crippen molar-refractivity contribution in [2.24, 2.45) is 0 Å². The second kappa shape index (κ2) is 8.45. The van der Waals surface area contributed by atoms with Gasteiger partial charge in [-0.15, -0.1) is 0 Å². The van der Waals surface area contributed by atoms with Crippen LogP contribution in [0.3, 0.4) is 0 Å². The molecule has 3 rings (SSSR count). The molecule has 0 bridgehead atoms. The summed E-state index contributed by atoms with van der Waals surface area (Å²) in [6.07, 6.45) is 14.6.